The summed E-state index contributed by atoms with van der Waals surface area (Å²) in [6.45, 7) is 3.07. The minimum absolute atomic E-state index is 0.0335. The van der Waals surface area contributed by atoms with Crippen molar-refractivity contribution in [1.82, 2.24) is 20.6 Å². The Kier molecular flexibility index (Phi) is 5.58. The van der Waals surface area contributed by atoms with E-state index in [-0.39, 0.29) is 17.9 Å². The van der Waals surface area contributed by atoms with Crippen LogP contribution in [0.1, 0.15) is 36.4 Å². The third kappa shape index (κ3) is 4.02. The fourth-order valence-electron chi connectivity index (χ4n) is 4.81. The Balaban J connectivity index is 1.10. The normalized spacial score (nSPS) is 24.4. The van der Waals surface area contributed by atoms with Gasteiger partial charge in [-0.15, -0.1) is 10.2 Å². The largest absolute Gasteiger partial charge is 0.355 e. The molecule has 5 rings (SSSR count). The van der Waals surface area contributed by atoms with Gasteiger partial charge in [0, 0.05) is 32.1 Å². The summed E-state index contributed by atoms with van der Waals surface area (Å²) in [5.74, 6) is 0.978. The average molecular weight is 428 g/mol. The van der Waals surface area contributed by atoms with Crippen LogP contribution in [0, 0.1) is 5.92 Å². The summed E-state index contributed by atoms with van der Waals surface area (Å²) in [4.78, 5) is 21.0. The molecule has 0 unspecified atom stereocenters. The topological polar surface area (TPSA) is 70.6 Å². The molecule has 1 aromatic carbocycles. The van der Waals surface area contributed by atoms with Crippen LogP contribution in [0.4, 0.5) is 5.82 Å². The summed E-state index contributed by atoms with van der Waals surface area (Å²) in [6, 6.07) is 12.5. The van der Waals surface area contributed by atoms with E-state index in [1.807, 2.05) is 6.07 Å². The molecule has 2 saturated heterocycles. The molecular formula is C22H26ClN5O2. The van der Waals surface area contributed by atoms with Crippen LogP contribution in [0.5, 0.6) is 0 Å². The first kappa shape index (κ1) is 19.7. The molecule has 0 bridgehead atoms. The molecule has 3 aliphatic heterocycles. The Morgan fingerprint density at radius 3 is 2.77 bits per heavy atom. The Labute approximate surface area is 181 Å². The number of halogens is 1. The van der Waals surface area contributed by atoms with Gasteiger partial charge in [0.2, 0.25) is 5.91 Å². The average Bonchev–Trinajstić information content (AvgIpc) is 3.22. The molecule has 2 fully saturated rings. The Hall–Kier alpha value is -2.22. The van der Waals surface area contributed by atoms with Crippen molar-refractivity contribution in [2.45, 2.75) is 37.8 Å². The Morgan fingerprint density at radius 1 is 1.13 bits per heavy atom. The highest BCUT2D eigenvalue weighted by molar-refractivity contribution is 6.29. The lowest BCUT2D eigenvalue weighted by Crippen LogP contribution is -2.42. The predicted octanol–water partition coefficient (Wildman–Crippen LogP) is 2.77. The first-order chi connectivity index (χ1) is 14.7. The molecule has 0 aliphatic carbocycles. The zero-order valence-corrected chi connectivity index (χ0v) is 17.6. The Bertz CT molecular complexity index is 901. The number of piperidine rings is 1. The highest BCUT2D eigenvalue weighted by Crippen LogP contribution is 2.38. The lowest BCUT2D eigenvalue weighted by molar-refractivity contribution is -0.165. The van der Waals surface area contributed by atoms with Crippen LogP contribution < -0.4 is 10.2 Å². The van der Waals surface area contributed by atoms with Gasteiger partial charge < -0.3 is 10.2 Å². The van der Waals surface area contributed by atoms with Crippen LogP contribution in [0.3, 0.4) is 0 Å². The second kappa shape index (κ2) is 8.49. The van der Waals surface area contributed by atoms with Crippen LogP contribution in [-0.4, -0.2) is 53.5 Å². The van der Waals surface area contributed by atoms with Gasteiger partial charge >= 0.3 is 0 Å². The minimum atomic E-state index is 0.0335. The van der Waals surface area contributed by atoms with Gasteiger partial charge in [0.15, 0.2) is 11.0 Å². The summed E-state index contributed by atoms with van der Waals surface area (Å²) >= 11 is 5.81. The number of rotatable bonds is 4. The minimum Gasteiger partial charge on any atom is -0.355 e. The van der Waals surface area contributed by atoms with Gasteiger partial charge in [-0.2, -0.15) is 5.06 Å². The first-order valence-electron chi connectivity index (χ1n) is 10.7. The van der Waals surface area contributed by atoms with E-state index in [1.165, 1.54) is 11.1 Å². The van der Waals surface area contributed by atoms with Crippen molar-refractivity contribution >= 4 is 23.3 Å². The van der Waals surface area contributed by atoms with Gasteiger partial charge in [-0.1, -0.05) is 35.9 Å². The third-order valence-corrected chi connectivity index (χ3v) is 6.65. The summed E-state index contributed by atoms with van der Waals surface area (Å²) in [5.41, 5.74) is 2.79. The highest BCUT2D eigenvalue weighted by Gasteiger charge is 2.38. The smallest absolute Gasteiger partial charge is 0.223 e. The maximum absolute atomic E-state index is 12.7. The van der Waals surface area contributed by atoms with Crippen LogP contribution in [0.15, 0.2) is 36.4 Å². The summed E-state index contributed by atoms with van der Waals surface area (Å²) < 4.78 is 0. The van der Waals surface area contributed by atoms with Crippen molar-refractivity contribution in [3.8, 4) is 0 Å². The van der Waals surface area contributed by atoms with Crippen molar-refractivity contribution < 1.29 is 9.63 Å². The second-order valence-electron chi connectivity index (χ2n) is 8.29. The number of nitrogens with zero attached hydrogens (tertiary/aromatic N) is 4. The van der Waals surface area contributed by atoms with Crippen molar-refractivity contribution in [3.63, 3.8) is 0 Å². The Morgan fingerprint density at radius 2 is 1.97 bits per heavy atom. The van der Waals surface area contributed by atoms with Crippen LogP contribution in [-0.2, 0) is 16.1 Å². The molecule has 3 aliphatic rings. The number of benzene rings is 1. The zero-order valence-electron chi connectivity index (χ0n) is 16.8. The molecule has 8 heteroatoms. The fourth-order valence-corrected chi connectivity index (χ4v) is 4.91. The monoisotopic (exact) mass is 427 g/mol. The van der Waals surface area contributed by atoms with Crippen LogP contribution in [0.2, 0.25) is 5.15 Å². The summed E-state index contributed by atoms with van der Waals surface area (Å²) in [7, 11) is 0. The van der Waals surface area contributed by atoms with Gasteiger partial charge in [0.25, 0.3) is 0 Å². The molecule has 0 spiro atoms. The molecular weight excluding hydrogens is 402 g/mol. The molecule has 2 atom stereocenters. The van der Waals surface area contributed by atoms with E-state index < -0.39 is 0 Å². The standard InChI is InChI=1S/C22H26ClN5O2/c23-20-5-6-21(26-25-20)27-10-7-16(8-11-27)22(29)24-14-17-13-19-18-4-2-1-3-15(18)9-12-28(19)30-17/h1-6,16-17,19H,7-14H2,(H,24,29)/t17-,19-/m0/s1. The van der Waals surface area contributed by atoms with E-state index in [4.69, 9.17) is 16.4 Å². The lowest BCUT2D eigenvalue weighted by atomic mass is 9.91. The number of hydrogen-bond acceptors (Lipinski definition) is 6. The van der Waals surface area contributed by atoms with E-state index in [0.717, 1.165) is 51.1 Å². The number of hydrogen-bond donors (Lipinski definition) is 1. The van der Waals surface area contributed by atoms with Gasteiger partial charge in [-0.3, -0.25) is 9.63 Å². The van der Waals surface area contributed by atoms with E-state index in [9.17, 15) is 4.79 Å². The number of carbonyl (C=O) groups excluding carboxylic acids is 1. The fraction of sp³-hybridized carbons (Fsp3) is 0.500. The van der Waals surface area contributed by atoms with Crippen LogP contribution >= 0.6 is 11.6 Å². The molecule has 2 aromatic rings. The summed E-state index contributed by atoms with van der Waals surface area (Å²) in [6.07, 6.45) is 3.59. The van der Waals surface area contributed by atoms with E-state index in [2.05, 4.69) is 49.7 Å². The molecule has 1 N–H and O–H groups in total. The molecule has 1 aromatic heterocycles. The lowest BCUT2D eigenvalue weighted by Gasteiger charge is -2.32. The van der Waals surface area contributed by atoms with Gasteiger partial charge in [0.05, 0.1) is 12.1 Å². The molecule has 1 amide bonds. The van der Waals surface area contributed by atoms with Crippen molar-refractivity contribution in [2.24, 2.45) is 5.92 Å². The number of anilines is 1. The summed E-state index contributed by atoms with van der Waals surface area (Å²) in [5, 5.41) is 13.7. The molecule has 158 valence electrons. The SMILES string of the molecule is O=C(NC[C@@H]1C[C@H]2c3ccccc3CCN2O1)C1CCN(c2ccc(Cl)nn2)CC1. The second-order valence-corrected chi connectivity index (χ2v) is 8.68. The number of aromatic nitrogens is 2. The first-order valence-corrected chi connectivity index (χ1v) is 11.1. The maximum Gasteiger partial charge on any atom is 0.223 e. The predicted molar refractivity (Wildman–Crippen MR) is 114 cm³/mol. The van der Waals surface area contributed by atoms with Crippen molar-refractivity contribution in [3.05, 3.63) is 52.7 Å². The molecule has 7 nitrogen and oxygen atoms in total. The number of carbonyl (C=O) groups is 1. The highest BCUT2D eigenvalue weighted by atomic mass is 35.5. The quantitative estimate of drug-likeness (QED) is 0.809. The molecule has 4 heterocycles. The number of amides is 1. The van der Waals surface area contributed by atoms with Crippen molar-refractivity contribution in [1.29, 1.82) is 0 Å². The van der Waals surface area contributed by atoms with E-state index in [0.29, 0.717) is 17.7 Å². The molecule has 30 heavy (non-hydrogen) atoms. The van der Waals surface area contributed by atoms with Crippen molar-refractivity contribution in [2.75, 3.05) is 31.1 Å². The number of fused-ring (bicyclic) bond motifs is 3. The van der Waals surface area contributed by atoms with E-state index in [1.54, 1.807) is 6.07 Å². The molecule has 0 saturated carbocycles. The number of hydroxylamine groups is 2. The maximum atomic E-state index is 12.7. The molecule has 0 radical (unpaired) electrons. The van der Waals surface area contributed by atoms with Gasteiger partial charge in [-0.05, 0) is 48.9 Å². The van der Waals surface area contributed by atoms with Crippen LogP contribution in [0.25, 0.3) is 0 Å². The third-order valence-electron chi connectivity index (χ3n) is 6.45. The van der Waals surface area contributed by atoms with Gasteiger partial charge in [0.1, 0.15) is 0 Å². The van der Waals surface area contributed by atoms with Gasteiger partial charge in [-0.25, -0.2) is 0 Å². The van der Waals surface area contributed by atoms with E-state index >= 15 is 0 Å². The zero-order chi connectivity index (χ0) is 20.5. The number of nitrogens with one attached hydrogen (secondary N) is 1.